The van der Waals surface area contributed by atoms with Gasteiger partial charge in [0.05, 0.1) is 0 Å². The fourth-order valence-electron chi connectivity index (χ4n) is 2.65. The molecular weight excluding hydrogens is 352 g/mol. The Morgan fingerprint density at radius 3 is 2.25 bits per heavy atom. The van der Waals surface area contributed by atoms with E-state index in [0.29, 0.717) is 24.6 Å². The third-order valence-corrected chi connectivity index (χ3v) is 4.10. The first-order chi connectivity index (χ1) is 13.6. The van der Waals surface area contributed by atoms with Gasteiger partial charge in [-0.1, -0.05) is 60.2 Å². The van der Waals surface area contributed by atoms with Crippen molar-refractivity contribution in [3.05, 3.63) is 95.6 Å². The predicted molar refractivity (Wildman–Crippen MR) is 109 cm³/mol. The molecule has 0 aliphatic rings. The van der Waals surface area contributed by atoms with Crippen LogP contribution in [0.2, 0.25) is 0 Å². The van der Waals surface area contributed by atoms with E-state index >= 15 is 0 Å². The van der Waals surface area contributed by atoms with Gasteiger partial charge in [0, 0.05) is 12.2 Å². The van der Waals surface area contributed by atoms with Crippen LogP contribution in [0.25, 0.3) is 0 Å². The van der Waals surface area contributed by atoms with E-state index < -0.39 is 11.8 Å². The van der Waals surface area contributed by atoms with Crippen molar-refractivity contribution in [3.8, 4) is 5.75 Å². The van der Waals surface area contributed by atoms with Crippen LogP contribution in [0.3, 0.4) is 0 Å². The van der Waals surface area contributed by atoms with Crippen LogP contribution in [0.5, 0.6) is 5.75 Å². The van der Waals surface area contributed by atoms with Crippen molar-refractivity contribution in [3.63, 3.8) is 0 Å². The number of aryl methyl sites for hydroxylation is 1. The Kier molecular flexibility index (Phi) is 6.41. The summed E-state index contributed by atoms with van der Waals surface area (Å²) >= 11 is 0. The van der Waals surface area contributed by atoms with E-state index in [-0.39, 0.29) is 0 Å². The lowest BCUT2D eigenvalue weighted by Crippen LogP contribution is -2.34. The number of hydrogen-bond acceptors (Lipinski definition) is 3. The van der Waals surface area contributed by atoms with Gasteiger partial charge in [0.15, 0.2) is 0 Å². The van der Waals surface area contributed by atoms with Crippen molar-refractivity contribution in [1.82, 2.24) is 5.32 Å². The van der Waals surface area contributed by atoms with Gasteiger partial charge < -0.3 is 15.4 Å². The molecule has 5 heteroatoms. The lowest BCUT2D eigenvalue weighted by molar-refractivity contribution is -0.136. The molecule has 0 atom stereocenters. The topological polar surface area (TPSA) is 67.4 Å². The molecule has 0 unspecified atom stereocenters. The Bertz CT molecular complexity index is 938. The van der Waals surface area contributed by atoms with E-state index in [1.54, 1.807) is 24.3 Å². The second-order valence-corrected chi connectivity index (χ2v) is 6.42. The number of carbonyl (C=O) groups is 2. The van der Waals surface area contributed by atoms with Gasteiger partial charge in [-0.2, -0.15) is 0 Å². The van der Waals surface area contributed by atoms with Crippen molar-refractivity contribution in [2.45, 2.75) is 20.1 Å². The molecule has 2 N–H and O–H groups in total. The number of rotatable bonds is 6. The summed E-state index contributed by atoms with van der Waals surface area (Å²) in [6, 6.07) is 24.5. The normalized spacial score (nSPS) is 10.2. The molecule has 0 radical (unpaired) electrons. The number of amides is 2. The van der Waals surface area contributed by atoms with Gasteiger partial charge in [-0.05, 0) is 42.3 Å². The van der Waals surface area contributed by atoms with Gasteiger partial charge in [-0.3, -0.25) is 9.59 Å². The molecule has 5 nitrogen and oxygen atoms in total. The molecule has 142 valence electrons. The first-order valence-electron chi connectivity index (χ1n) is 9.02. The summed E-state index contributed by atoms with van der Waals surface area (Å²) < 4.78 is 5.70. The standard InChI is InChI=1S/C23H22N2O3/c1-17-6-5-9-19(14-17)15-24-22(26)23(27)25-20-10-12-21(13-11-20)28-16-18-7-3-2-4-8-18/h2-14H,15-16H2,1H3,(H,24,26)(H,25,27). The molecule has 0 aliphatic heterocycles. The minimum absolute atomic E-state index is 0.306. The lowest BCUT2D eigenvalue weighted by atomic mass is 10.1. The summed E-state index contributed by atoms with van der Waals surface area (Å²) in [6.07, 6.45) is 0. The van der Waals surface area contributed by atoms with E-state index in [1.807, 2.05) is 61.5 Å². The number of carbonyl (C=O) groups excluding carboxylic acids is 2. The second kappa shape index (κ2) is 9.37. The summed E-state index contributed by atoms with van der Waals surface area (Å²) in [5, 5.41) is 5.20. The van der Waals surface area contributed by atoms with E-state index in [0.717, 1.165) is 16.7 Å². The van der Waals surface area contributed by atoms with Crippen LogP contribution in [0, 0.1) is 6.92 Å². The molecule has 2 amide bonds. The number of anilines is 1. The SMILES string of the molecule is Cc1cccc(CNC(=O)C(=O)Nc2ccc(OCc3ccccc3)cc2)c1. The zero-order valence-electron chi connectivity index (χ0n) is 15.6. The Labute approximate surface area is 164 Å². The van der Waals surface area contributed by atoms with Crippen LogP contribution in [-0.4, -0.2) is 11.8 Å². The molecule has 3 aromatic carbocycles. The Hall–Kier alpha value is -3.60. The fraction of sp³-hybridized carbons (Fsp3) is 0.130. The van der Waals surface area contributed by atoms with Crippen LogP contribution in [0.4, 0.5) is 5.69 Å². The highest BCUT2D eigenvalue weighted by Crippen LogP contribution is 2.17. The Morgan fingerprint density at radius 1 is 0.821 bits per heavy atom. The largest absolute Gasteiger partial charge is 0.489 e. The minimum Gasteiger partial charge on any atom is -0.489 e. The van der Waals surface area contributed by atoms with Gasteiger partial charge in [-0.15, -0.1) is 0 Å². The highest BCUT2D eigenvalue weighted by Gasteiger charge is 2.13. The maximum atomic E-state index is 12.0. The molecule has 3 rings (SSSR count). The quantitative estimate of drug-likeness (QED) is 0.645. The highest BCUT2D eigenvalue weighted by molar-refractivity contribution is 6.39. The van der Waals surface area contributed by atoms with E-state index in [2.05, 4.69) is 10.6 Å². The number of benzene rings is 3. The summed E-state index contributed by atoms with van der Waals surface area (Å²) in [7, 11) is 0. The molecular formula is C23H22N2O3. The van der Waals surface area contributed by atoms with Gasteiger partial charge >= 0.3 is 11.8 Å². The molecule has 0 aromatic heterocycles. The maximum absolute atomic E-state index is 12.0. The van der Waals surface area contributed by atoms with Gasteiger partial charge in [0.1, 0.15) is 12.4 Å². The summed E-state index contributed by atoms with van der Waals surface area (Å²) in [6.45, 7) is 2.75. The predicted octanol–water partition coefficient (Wildman–Crippen LogP) is 3.83. The summed E-state index contributed by atoms with van der Waals surface area (Å²) in [4.78, 5) is 24.0. The fourth-order valence-corrected chi connectivity index (χ4v) is 2.65. The van der Waals surface area contributed by atoms with Crippen LogP contribution in [-0.2, 0) is 22.7 Å². The van der Waals surface area contributed by atoms with Crippen molar-refractivity contribution in [2.75, 3.05) is 5.32 Å². The monoisotopic (exact) mass is 374 g/mol. The zero-order valence-corrected chi connectivity index (χ0v) is 15.6. The van der Waals surface area contributed by atoms with Crippen molar-refractivity contribution in [2.24, 2.45) is 0 Å². The van der Waals surface area contributed by atoms with Crippen LogP contribution < -0.4 is 15.4 Å². The van der Waals surface area contributed by atoms with Gasteiger partial charge in [-0.25, -0.2) is 0 Å². The van der Waals surface area contributed by atoms with Crippen molar-refractivity contribution < 1.29 is 14.3 Å². The molecule has 0 heterocycles. The van der Waals surface area contributed by atoms with E-state index in [9.17, 15) is 9.59 Å². The molecule has 0 saturated heterocycles. The third kappa shape index (κ3) is 5.71. The van der Waals surface area contributed by atoms with Crippen LogP contribution in [0.15, 0.2) is 78.9 Å². The zero-order chi connectivity index (χ0) is 19.8. The molecule has 3 aromatic rings. The molecule has 0 saturated carbocycles. The highest BCUT2D eigenvalue weighted by atomic mass is 16.5. The average Bonchev–Trinajstić information content (AvgIpc) is 2.72. The van der Waals surface area contributed by atoms with Crippen LogP contribution in [0.1, 0.15) is 16.7 Å². The molecule has 0 fully saturated rings. The van der Waals surface area contributed by atoms with E-state index in [4.69, 9.17) is 4.74 Å². The first kappa shape index (κ1) is 19.2. The Morgan fingerprint density at radius 2 is 1.54 bits per heavy atom. The smallest absolute Gasteiger partial charge is 0.313 e. The van der Waals surface area contributed by atoms with Gasteiger partial charge in [0.2, 0.25) is 0 Å². The van der Waals surface area contributed by atoms with E-state index in [1.165, 1.54) is 0 Å². The van der Waals surface area contributed by atoms with Crippen molar-refractivity contribution in [1.29, 1.82) is 0 Å². The average molecular weight is 374 g/mol. The number of hydrogen-bond donors (Lipinski definition) is 2. The lowest BCUT2D eigenvalue weighted by Gasteiger charge is -2.09. The Balaban J connectivity index is 1.47. The van der Waals surface area contributed by atoms with Crippen LogP contribution >= 0.6 is 0 Å². The number of nitrogens with one attached hydrogen (secondary N) is 2. The molecule has 0 bridgehead atoms. The van der Waals surface area contributed by atoms with Gasteiger partial charge in [0.25, 0.3) is 0 Å². The molecule has 0 spiro atoms. The third-order valence-electron chi connectivity index (χ3n) is 4.10. The second-order valence-electron chi connectivity index (χ2n) is 6.42. The van der Waals surface area contributed by atoms with Crippen molar-refractivity contribution >= 4 is 17.5 Å². The maximum Gasteiger partial charge on any atom is 0.313 e. The first-order valence-corrected chi connectivity index (χ1v) is 9.02. The summed E-state index contributed by atoms with van der Waals surface area (Å²) in [5.41, 5.74) is 3.65. The molecule has 0 aliphatic carbocycles. The number of ether oxygens (including phenoxy) is 1. The minimum atomic E-state index is -0.703. The summed E-state index contributed by atoms with van der Waals surface area (Å²) in [5.74, 6) is -0.692. The molecule has 28 heavy (non-hydrogen) atoms.